The van der Waals surface area contributed by atoms with Crippen molar-refractivity contribution in [1.29, 1.82) is 0 Å². The van der Waals surface area contributed by atoms with Crippen LogP contribution in [0.4, 0.5) is 17.2 Å². The summed E-state index contributed by atoms with van der Waals surface area (Å²) in [5.74, 6) is 0.437. The quantitative estimate of drug-likeness (QED) is 0.709. The van der Waals surface area contributed by atoms with Gasteiger partial charge in [-0.15, -0.1) is 0 Å². The molecule has 1 aromatic heterocycles. The van der Waals surface area contributed by atoms with Gasteiger partial charge in [-0.1, -0.05) is 30.3 Å². The van der Waals surface area contributed by atoms with Gasteiger partial charge in [-0.05, 0) is 42.8 Å². The number of anilines is 3. The molecule has 1 fully saturated rings. The van der Waals surface area contributed by atoms with Gasteiger partial charge >= 0.3 is 0 Å². The topological polar surface area (TPSA) is 70.5 Å². The molecule has 154 valence electrons. The lowest BCUT2D eigenvalue weighted by Gasteiger charge is -2.36. The number of hydrogen-bond acceptors (Lipinski definition) is 5. The molecule has 0 aliphatic carbocycles. The number of para-hydroxylation sites is 1. The number of amides is 1. The van der Waals surface area contributed by atoms with Gasteiger partial charge in [0.1, 0.15) is 12.4 Å². The molecule has 4 rings (SSSR count). The van der Waals surface area contributed by atoms with Crippen LogP contribution in [-0.2, 0) is 11.3 Å². The smallest absolute Gasteiger partial charge is 0.267 e. The van der Waals surface area contributed by atoms with E-state index in [2.05, 4.69) is 32.3 Å². The van der Waals surface area contributed by atoms with Crippen molar-refractivity contribution < 1.29 is 4.79 Å². The van der Waals surface area contributed by atoms with Crippen LogP contribution in [0.1, 0.15) is 5.56 Å². The molecule has 30 heavy (non-hydrogen) atoms. The van der Waals surface area contributed by atoms with E-state index in [1.807, 2.05) is 49.4 Å². The number of carbonyl (C=O) groups is 1. The van der Waals surface area contributed by atoms with Crippen molar-refractivity contribution in [2.45, 2.75) is 13.5 Å². The first-order valence-electron chi connectivity index (χ1n) is 10.1. The number of rotatable bonds is 5. The molecule has 1 aliphatic heterocycles. The Morgan fingerprint density at radius 1 is 0.933 bits per heavy atom. The second-order valence-corrected chi connectivity index (χ2v) is 7.41. The molecule has 1 aliphatic rings. The van der Waals surface area contributed by atoms with Crippen molar-refractivity contribution in [1.82, 2.24) is 9.78 Å². The van der Waals surface area contributed by atoms with E-state index in [1.54, 1.807) is 6.07 Å². The number of aromatic nitrogens is 2. The molecular weight excluding hydrogens is 378 g/mol. The number of hydrogen-bond donors (Lipinski definition) is 1. The maximum absolute atomic E-state index is 12.4. The molecule has 1 amide bonds. The summed E-state index contributed by atoms with van der Waals surface area (Å²) in [7, 11) is 0. The van der Waals surface area contributed by atoms with Crippen LogP contribution in [0, 0.1) is 6.92 Å². The van der Waals surface area contributed by atoms with Crippen LogP contribution in [0.2, 0.25) is 0 Å². The maximum atomic E-state index is 12.4. The van der Waals surface area contributed by atoms with Gasteiger partial charge in [0.05, 0.1) is 0 Å². The van der Waals surface area contributed by atoms with Crippen molar-refractivity contribution in [2.75, 3.05) is 41.3 Å². The predicted molar refractivity (Wildman–Crippen MR) is 119 cm³/mol. The van der Waals surface area contributed by atoms with Crippen LogP contribution in [0.3, 0.4) is 0 Å². The molecule has 1 saturated heterocycles. The van der Waals surface area contributed by atoms with Gasteiger partial charge in [-0.3, -0.25) is 9.59 Å². The number of benzene rings is 2. The second kappa shape index (κ2) is 8.82. The van der Waals surface area contributed by atoms with Crippen LogP contribution in [0.15, 0.2) is 71.5 Å². The zero-order valence-electron chi connectivity index (χ0n) is 17.0. The molecule has 0 radical (unpaired) electrons. The minimum atomic E-state index is -0.291. The van der Waals surface area contributed by atoms with E-state index < -0.39 is 0 Å². The van der Waals surface area contributed by atoms with Crippen LogP contribution in [-0.4, -0.2) is 41.9 Å². The third-order valence-corrected chi connectivity index (χ3v) is 5.17. The lowest BCUT2D eigenvalue weighted by Crippen LogP contribution is -2.47. The van der Waals surface area contributed by atoms with Crippen LogP contribution in [0.25, 0.3) is 0 Å². The number of aryl methyl sites for hydroxylation is 1. The monoisotopic (exact) mass is 403 g/mol. The van der Waals surface area contributed by atoms with E-state index in [1.165, 1.54) is 16.4 Å². The highest BCUT2D eigenvalue weighted by atomic mass is 16.2. The van der Waals surface area contributed by atoms with E-state index in [4.69, 9.17) is 0 Å². The van der Waals surface area contributed by atoms with Crippen molar-refractivity contribution in [3.05, 3.63) is 82.6 Å². The zero-order valence-corrected chi connectivity index (χ0v) is 17.0. The van der Waals surface area contributed by atoms with Gasteiger partial charge in [0.2, 0.25) is 5.91 Å². The summed E-state index contributed by atoms with van der Waals surface area (Å²) in [6, 6.07) is 21.1. The predicted octanol–water partition coefficient (Wildman–Crippen LogP) is 2.52. The first-order chi connectivity index (χ1) is 14.6. The molecule has 0 saturated carbocycles. The number of piperazine rings is 1. The first kappa shape index (κ1) is 19.7. The fourth-order valence-electron chi connectivity index (χ4n) is 3.61. The van der Waals surface area contributed by atoms with Crippen LogP contribution in [0.5, 0.6) is 0 Å². The third-order valence-electron chi connectivity index (χ3n) is 5.17. The molecule has 3 aromatic rings. The standard InChI is InChI=1S/C23H25N5O2/c1-18-6-5-7-19(16-18)24-22(29)17-28-23(30)11-10-21(25-28)27-14-12-26(13-15-27)20-8-3-2-4-9-20/h2-11,16H,12-15,17H2,1H3,(H,24,29). The molecule has 0 bridgehead atoms. The molecule has 7 heteroatoms. The number of nitrogens with zero attached hydrogens (tertiary/aromatic N) is 4. The lowest BCUT2D eigenvalue weighted by atomic mass is 10.2. The van der Waals surface area contributed by atoms with Crippen LogP contribution >= 0.6 is 0 Å². The molecule has 1 N–H and O–H groups in total. The Bertz CT molecular complexity index is 1070. The Hall–Kier alpha value is -3.61. The summed E-state index contributed by atoms with van der Waals surface area (Å²) in [5, 5.41) is 7.27. The average molecular weight is 403 g/mol. The third kappa shape index (κ3) is 4.68. The Morgan fingerprint density at radius 3 is 2.40 bits per heavy atom. The summed E-state index contributed by atoms with van der Waals surface area (Å²) < 4.78 is 1.23. The summed E-state index contributed by atoms with van der Waals surface area (Å²) in [6.07, 6.45) is 0. The van der Waals surface area contributed by atoms with Gasteiger partial charge in [0, 0.05) is 43.6 Å². The van der Waals surface area contributed by atoms with Crippen molar-refractivity contribution >= 4 is 23.1 Å². The highest BCUT2D eigenvalue weighted by Gasteiger charge is 2.19. The van der Waals surface area contributed by atoms with Gasteiger partial charge in [0.25, 0.3) is 5.56 Å². The summed E-state index contributed by atoms with van der Waals surface area (Å²) in [6.45, 7) is 5.19. The molecular formula is C23H25N5O2. The normalized spacial score (nSPS) is 13.9. The molecule has 0 spiro atoms. The van der Waals surface area contributed by atoms with Gasteiger partial charge in [0.15, 0.2) is 0 Å². The lowest BCUT2D eigenvalue weighted by molar-refractivity contribution is -0.117. The molecule has 0 atom stereocenters. The molecule has 2 heterocycles. The minimum absolute atomic E-state index is 0.120. The summed E-state index contributed by atoms with van der Waals surface area (Å²) in [5.41, 5.74) is 2.69. The Morgan fingerprint density at radius 2 is 1.67 bits per heavy atom. The zero-order chi connectivity index (χ0) is 20.9. The number of nitrogens with one attached hydrogen (secondary N) is 1. The van der Waals surface area contributed by atoms with Gasteiger partial charge in [-0.25, -0.2) is 4.68 Å². The van der Waals surface area contributed by atoms with Crippen molar-refractivity contribution in [3.8, 4) is 0 Å². The molecule has 7 nitrogen and oxygen atoms in total. The maximum Gasteiger partial charge on any atom is 0.267 e. The Balaban J connectivity index is 1.41. The fourth-order valence-corrected chi connectivity index (χ4v) is 3.61. The molecule has 0 unspecified atom stereocenters. The highest BCUT2D eigenvalue weighted by molar-refractivity contribution is 5.90. The number of carbonyl (C=O) groups excluding carboxylic acids is 1. The van der Waals surface area contributed by atoms with E-state index in [-0.39, 0.29) is 18.0 Å². The second-order valence-electron chi connectivity index (χ2n) is 7.41. The van der Waals surface area contributed by atoms with E-state index in [0.717, 1.165) is 31.7 Å². The molecule has 2 aromatic carbocycles. The highest BCUT2D eigenvalue weighted by Crippen LogP contribution is 2.18. The SMILES string of the molecule is Cc1cccc(NC(=O)Cn2nc(N3CCN(c4ccccc4)CC3)ccc2=O)c1. The van der Waals surface area contributed by atoms with Crippen molar-refractivity contribution in [2.24, 2.45) is 0 Å². The van der Waals surface area contributed by atoms with Crippen molar-refractivity contribution in [3.63, 3.8) is 0 Å². The average Bonchev–Trinajstić information content (AvgIpc) is 2.76. The first-order valence-corrected chi connectivity index (χ1v) is 10.1. The van der Waals surface area contributed by atoms with E-state index in [0.29, 0.717) is 11.5 Å². The minimum Gasteiger partial charge on any atom is -0.368 e. The summed E-state index contributed by atoms with van der Waals surface area (Å²) >= 11 is 0. The van der Waals surface area contributed by atoms with E-state index in [9.17, 15) is 9.59 Å². The van der Waals surface area contributed by atoms with Gasteiger partial charge < -0.3 is 15.1 Å². The fraction of sp³-hybridized carbons (Fsp3) is 0.261. The summed E-state index contributed by atoms with van der Waals surface area (Å²) in [4.78, 5) is 29.1. The van der Waals surface area contributed by atoms with Crippen LogP contribution < -0.4 is 20.7 Å². The van der Waals surface area contributed by atoms with E-state index >= 15 is 0 Å². The van der Waals surface area contributed by atoms with Gasteiger partial charge in [-0.2, -0.15) is 5.10 Å². The largest absolute Gasteiger partial charge is 0.368 e. The Labute approximate surface area is 175 Å². The Kier molecular flexibility index (Phi) is 5.79.